The lowest BCUT2D eigenvalue weighted by molar-refractivity contribution is 0.0126. The average molecular weight is 299 g/mol. The first kappa shape index (κ1) is 15.4. The van der Waals surface area contributed by atoms with Gasteiger partial charge in [-0.15, -0.1) is 0 Å². The Morgan fingerprint density at radius 3 is 2.15 bits per heavy atom. The first-order chi connectivity index (χ1) is 9.22. The van der Waals surface area contributed by atoms with Crippen molar-refractivity contribution in [1.82, 2.24) is 4.31 Å². The molecule has 0 spiro atoms. The van der Waals surface area contributed by atoms with E-state index in [9.17, 15) is 18.6 Å². The molecule has 0 bridgehead atoms. The number of hydrogen-bond donors (Lipinski definition) is 2. The van der Waals surface area contributed by atoms with Crippen molar-refractivity contribution in [3.05, 3.63) is 29.8 Å². The molecule has 0 radical (unpaired) electrons. The minimum atomic E-state index is -3.51. The number of piperidine rings is 1. The summed E-state index contributed by atoms with van der Waals surface area (Å²) in [6.07, 6.45) is 0.271. The number of benzene rings is 1. The largest absolute Gasteiger partial charge is 0.390 e. The minimum absolute atomic E-state index is 0.225. The highest BCUT2D eigenvalue weighted by Gasteiger charge is 2.33. The van der Waals surface area contributed by atoms with E-state index in [4.69, 9.17) is 0 Å². The van der Waals surface area contributed by atoms with Gasteiger partial charge in [-0.2, -0.15) is 4.31 Å². The Morgan fingerprint density at radius 1 is 1.20 bits per heavy atom. The van der Waals surface area contributed by atoms with Crippen molar-refractivity contribution in [3.63, 3.8) is 0 Å². The molecular weight excluding hydrogens is 278 g/mol. The number of nitrogens with zero attached hydrogens (tertiary/aromatic N) is 1. The number of sulfonamides is 1. The molecule has 0 aromatic heterocycles. The van der Waals surface area contributed by atoms with E-state index in [1.54, 1.807) is 26.0 Å². The smallest absolute Gasteiger partial charge is 0.243 e. The van der Waals surface area contributed by atoms with E-state index < -0.39 is 21.7 Å². The van der Waals surface area contributed by atoms with Crippen molar-refractivity contribution in [2.45, 2.75) is 43.3 Å². The van der Waals surface area contributed by atoms with Crippen LogP contribution >= 0.6 is 0 Å². The Morgan fingerprint density at radius 2 is 1.70 bits per heavy atom. The van der Waals surface area contributed by atoms with Crippen molar-refractivity contribution < 1.29 is 18.6 Å². The molecule has 1 aliphatic heterocycles. The second kappa shape index (κ2) is 5.44. The third kappa shape index (κ3) is 3.20. The Labute approximate surface area is 119 Å². The van der Waals surface area contributed by atoms with E-state index in [1.807, 2.05) is 0 Å². The third-order valence-corrected chi connectivity index (χ3v) is 5.71. The first-order valence-corrected chi connectivity index (χ1v) is 8.17. The summed E-state index contributed by atoms with van der Waals surface area (Å²) in [7, 11) is -3.51. The third-order valence-electron chi connectivity index (χ3n) is 3.80. The lowest BCUT2D eigenvalue weighted by atomic mass is 9.95. The summed E-state index contributed by atoms with van der Waals surface area (Å²) in [5.41, 5.74) is -0.0899. The first-order valence-electron chi connectivity index (χ1n) is 6.73. The average Bonchev–Trinajstić information content (AvgIpc) is 2.38. The van der Waals surface area contributed by atoms with Crippen molar-refractivity contribution >= 4 is 10.0 Å². The van der Waals surface area contributed by atoms with Gasteiger partial charge in [0.25, 0.3) is 0 Å². The van der Waals surface area contributed by atoms with E-state index in [2.05, 4.69) is 0 Å². The van der Waals surface area contributed by atoms with Gasteiger partial charge < -0.3 is 10.2 Å². The van der Waals surface area contributed by atoms with Crippen LogP contribution in [-0.2, 0) is 10.0 Å². The van der Waals surface area contributed by atoms with Crippen molar-refractivity contribution in [3.8, 4) is 0 Å². The summed E-state index contributed by atoms with van der Waals surface area (Å²) in [5, 5.41) is 19.3. The highest BCUT2D eigenvalue weighted by molar-refractivity contribution is 7.89. The molecular formula is C14H21NO4S. The molecule has 1 aromatic rings. The highest BCUT2D eigenvalue weighted by Crippen LogP contribution is 2.26. The summed E-state index contributed by atoms with van der Waals surface area (Å²) < 4.78 is 26.3. The van der Waals surface area contributed by atoms with Gasteiger partial charge in [-0.3, -0.25) is 0 Å². The molecule has 1 atom stereocenters. The molecule has 1 unspecified atom stereocenters. The molecule has 0 aliphatic carbocycles. The maximum atomic E-state index is 12.5. The topological polar surface area (TPSA) is 77.8 Å². The summed E-state index contributed by atoms with van der Waals surface area (Å²) in [4.78, 5) is 0.225. The second-order valence-corrected chi connectivity index (χ2v) is 7.58. The van der Waals surface area contributed by atoms with Crippen LogP contribution in [0.4, 0.5) is 0 Å². The van der Waals surface area contributed by atoms with E-state index in [1.165, 1.54) is 16.4 Å². The van der Waals surface area contributed by atoms with Gasteiger partial charge in [-0.1, -0.05) is 12.1 Å². The Bertz CT molecular complexity index is 553. The zero-order chi connectivity index (χ0) is 15.0. The molecule has 1 heterocycles. The molecule has 1 aromatic carbocycles. The highest BCUT2D eigenvalue weighted by atomic mass is 32.2. The lowest BCUT2D eigenvalue weighted by Gasteiger charge is -2.34. The number of aliphatic hydroxyl groups is 2. The fourth-order valence-corrected chi connectivity index (χ4v) is 3.72. The Balaban J connectivity index is 2.18. The summed E-state index contributed by atoms with van der Waals surface area (Å²) in [5.74, 6) is 0. The molecule has 0 saturated carbocycles. The standard InChI is InChI=1S/C14H21NO4S/c1-11(16)12-3-5-13(6-4-12)20(18,19)15-9-7-14(2,17)8-10-15/h3-6,11,16-17H,7-10H2,1-2H3. The van der Waals surface area contributed by atoms with Gasteiger partial charge in [0.15, 0.2) is 0 Å². The lowest BCUT2D eigenvalue weighted by Crippen LogP contribution is -2.45. The van der Waals surface area contributed by atoms with Gasteiger partial charge in [0.1, 0.15) is 0 Å². The Hall–Kier alpha value is -0.950. The SMILES string of the molecule is CC(O)c1ccc(S(=O)(=O)N2CCC(C)(O)CC2)cc1. The second-order valence-electron chi connectivity index (χ2n) is 5.65. The number of aliphatic hydroxyl groups excluding tert-OH is 1. The zero-order valence-corrected chi connectivity index (χ0v) is 12.6. The molecule has 0 amide bonds. The van der Waals surface area contributed by atoms with E-state index in [0.717, 1.165) is 0 Å². The van der Waals surface area contributed by atoms with Crippen molar-refractivity contribution in [2.75, 3.05) is 13.1 Å². The molecule has 1 fully saturated rings. The van der Waals surface area contributed by atoms with Crippen LogP contribution in [0.1, 0.15) is 38.4 Å². The summed E-state index contributed by atoms with van der Waals surface area (Å²) >= 11 is 0. The number of rotatable bonds is 3. The van der Waals surface area contributed by atoms with Crippen LogP contribution in [0.5, 0.6) is 0 Å². The molecule has 5 nitrogen and oxygen atoms in total. The molecule has 20 heavy (non-hydrogen) atoms. The maximum absolute atomic E-state index is 12.5. The zero-order valence-electron chi connectivity index (χ0n) is 11.8. The fourth-order valence-electron chi connectivity index (χ4n) is 2.28. The van der Waals surface area contributed by atoms with Crippen LogP contribution in [0.2, 0.25) is 0 Å². The van der Waals surface area contributed by atoms with Crippen LogP contribution in [0.3, 0.4) is 0 Å². The predicted octanol–water partition coefficient (Wildman–Crippen LogP) is 1.28. The van der Waals surface area contributed by atoms with Crippen LogP contribution < -0.4 is 0 Å². The summed E-state index contributed by atoms with van der Waals surface area (Å²) in [6, 6.07) is 6.28. The molecule has 1 aliphatic rings. The predicted molar refractivity (Wildman–Crippen MR) is 75.7 cm³/mol. The van der Waals surface area contributed by atoms with Gasteiger partial charge in [-0.25, -0.2) is 8.42 Å². The number of hydrogen-bond acceptors (Lipinski definition) is 4. The van der Waals surface area contributed by atoms with Gasteiger partial charge in [0, 0.05) is 13.1 Å². The van der Waals surface area contributed by atoms with Crippen LogP contribution in [0.15, 0.2) is 29.2 Å². The fraction of sp³-hybridized carbons (Fsp3) is 0.571. The van der Waals surface area contributed by atoms with Gasteiger partial charge in [0.2, 0.25) is 10.0 Å². The quantitative estimate of drug-likeness (QED) is 0.881. The van der Waals surface area contributed by atoms with E-state index in [0.29, 0.717) is 31.5 Å². The van der Waals surface area contributed by atoms with Gasteiger partial charge in [-0.05, 0) is 44.4 Å². The minimum Gasteiger partial charge on any atom is -0.390 e. The van der Waals surface area contributed by atoms with Gasteiger partial charge >= 0.3 is 0 Å². The molecule has 112 valence electrons. The summed E-state index contributed by atoms with van der Waals surface area (Å²) in [6.45, 7) is 4.02. The monoisotopic (exact) mass is 299 g/mol. The molecule has 2 N–H and O–H groups in total. The Kier molecular flexibility index (Phi) is 4.20. The van der Waals surface area contributed by atoms with E-state index in [-0.39, 0.29) is 4.90 Å². The molecule has 6 heteroatoms. The van der Waals surface area contributed by atoms with E-state index >= 15 is 0 Å². The van der Waals surface area contributed by atoms with Crippen molar-refractivity contribution in [2.24, 2.45) is 0 Å². The van der Waals surface area contributed by atoms with Crippen LogP contribution in [0.25, 0.3) is 0 Å². The van der Waals surface area contributed by atoms with Crippen LogP contribution in [-0.4, -0.2) is 41.6 Å². The van der Waals surface area contributed by atoms with Gasteiger partial charge in [0.05, 0.1) is 16.6 Å². The molecule has 1 saturated heterocycles. The normalized spacial score (nSPS) is 21.6. The maximum Gasteiger partial charge on any atom is 0.243 e. The van der Waals surface area contributed by atoms with Crippen LogP contribution in [0, 0.1) is 0 Å². The van der Waals surface area contributed by atoms with Crippen molar-refractivity contribution in [1.29, 1.82) is 0 Å². The molecule has 2 rings (SSSR count).